The minimum absolute atomic E-state index is 0.861. The molecular weight excluding hydrogens is 88.1 g/mol. The van der Waals surface area contributed by atoms with Gasteiger partial charge in [-0.05, 0) is 6.42 Å². The topological polar surface area (TPSA) is 17.1 Å². The molecule has 0 aromatic heterocycles. The van der Waals surface area contributed by atoms with Crippen LogP contribution in [0.4, 0.5) is 0 Å². The minimum atomic E-state index is 0.861. The summed E-state index contributed by atoms with van der Waals surface area (Å²) in [5.74, 6) is 0. The van der Waals surface area contributed by atoms with Crippen molar-refractivity contribution in [1.82, 2.24) is 0 Å². The molecule has 0 bridgehead atoms. The Morgan fingerprint density at radius 2 is 2.57 bits per heavy atom. The lowest BCUT2D eigenvalue weighted by Crippen LogP contribution is -1.73. The van der Waals surface area contributed by atoms with Crippen LogP contribution in [-0.4, -0.2) is 6.29 Å². The molecule has 1 heteroatoms. The zero-order valence-corrected chi connectivity index (χ0v) is 4.11. The summed E-state index contributed by atoms with van der Waals surface area (Å²) in [6.07, 6.45) is 6.99. The first kappa shape index (κ1) is 4.48. The van der Waals surface area contributed by atoms with Gasteiger partial charge >= 0.3 is 6.29 Å². The van der Waals surface area contributed by atoms with Gasteiger partial charge in [0, 0.05) is 12.8 Å². The SMILES string of the molecule is O=[C+]C1=CCCC1. The standard InChI is InChI=1S/C6H7O/c7-5-6-3-1-2-4-6/h3H,1-2,4H2/q+1. The van der Waals surface area contributed by atoms with Crippen LogP contribution in [0.2, 0.25) is 0 Å². The molecule has 1 aliphatic rings. The van der Waals surface area contributed by atoms with Crippen LogP contribution in [-0.2, 0) is 4.79 Å². The maximum absolute atomic E-state index is 9.81. The molecule has 0 N–H and O–H groups in total. The summed E-state index contributed by atoms with van der Waals surface area (Å²) in [6.45, 7) is 0. The number of hydrogen-bond acceptors (Lipinski definition) is 1. The van der Waals surface area contributed by atoms with Crippen LogP contribution >= 0.6 is 0 Å². The molecule has 0 fully saturated rings. The number of allylic oxidation sites excluding steroid dienone is 2. The van der Waals surface area contributed by atoms with E-state index in [1.165, 1.54) is 0 Å². The summed E-state index contributed by atoms with van der Waals surface area (Å²) in [5.41, 5.74) is 0.861. The highest BCUT2D eigenvalue weighted by molar-refractivity contribution is 5.74. The van der Waals surface area contributed by atoms with Gasteiger partial charge in [-0.25, -0.2) is 0 Å². The van der Waals surface area contributed by atoms with Gasteiger partial charge in [-0.1, -0.05) is 4.79 Å². The molecule has 1 nitrogen and oxygen atoms in total. The molecule has 7 heavy (non-hydrogen) atoms. The van der Waals surface area contributed by atoms with Crippen molar-refractivity contribution in [2.75, 3.05) is 0 Å². The summed E-state index contributed by atoms with van der Waals surface area (Å²) >= 11 is 0. The smallest absolute Gasteiger partial charge is 0.0966 e. The summed E-state index contributed by atoms with van der Waals surface area (Å²) in [7, 11) is 0. The van der Waals surface area contributed by atoms with E-state index in [0.29, 0.717) is 0 Å². The van der Waals surface area contributed by atoms with Gasteiger partial charge in [0.25, 0.3) is 0 Å². The third-order valence-corrected chi connectivity index (χ3v) is 1.17. The van der Waals surface area contributed by atoms with E-state index in [1.54, 1.807) is 0 Å². The number of carbonyl (C=O) groups excluding carboxylic acids is 1. The van der Waals surface area contributed by atoms with E-state index in [4.69, 9.17) is 0 Å². The zero-order valence-electron chi connectivity index (χ0n) is 4.11. The van der Waals surface area contributed by atoms with Crippen molar-refractivity contribution < 1.29 is 4.79 Å². The molecule has 0 aliphatic heterocycles. The van der Waals surface area contributed by atoms with E-state index in [9.17, 15) is 4.79 Å². The molecule has 0 aromatic rings. The Kier molecular flexibility index (Phi) is 1.19. The first-order valence-corrected chi connectivity index (χ1v) is 2.50. The van der Waals surface area contributed by atoms with Crippen LogP contribution < -0.4 is 0 Å². The van der Waals surface area contributed by atoms with Gasteiger partial charge in [-0.3, -0.25) is 0 Å². The van der Waals surface area contributed by atoms with Crippen molar-refractivity contribution >= 4 is 6.29 Å². The van der Waals surface area contributed by atoms with Crippen molar-refractivity contribution in [1.29, 1.82) is 0 Å². The van der Waals surface area contributed by atoms with Crippen molar-refractivity contribution in [3.05, 3.63) is 11.6 Å². The fourth-order valence-corrected chi connectivity index (χ4v) is 0.764. The lowest BCUT2D eigenvalue weighted by Gasteiger charge is -1.68. The number of hydrogen-bond donors (Lipinski definition) is 0. The van der Waals surface area contributed by atoms with E-state index >= 15 is 0 Å². The van der Waals surface area contributed by atoms with Gasteiger partial charge in [-0.2, -0.15) is 0 Å². The predicted molar refractivity (Wildman–Crippen MR) is 27.6 cm³/mol. The highest BCUT2D eigenvalue weighted by Crippen LogP contribution is 2.14. The summed E-state index contributed by atoms with van der Waals surface area (Å²) in [5, 5.41) is 0. The average Bonchev–Trinajstić information content (AvgIpc) is 2.14. The van der Waals surface area contributed by atoms with Gasteiger partial charge in [0.1, 0.15) is 0 Å². The van der Waals surface area contributed by atoms with Crippen molar-refractivity contribution in [2.45, 2.75) is 19.3 Å². The fraction of sp³-hybridized carbons (Fsp3) is 0.500. The maximum Gasteiger partial charge on any atom is 0.359 e. The van der Waals surface area contributed by atoms with Crippen LogP contribution in [0.25, 0.3) is 0 Å². The Hall–Kier alpha value is -0.680. The highest BCUT2D eigenvalue weighted by Gasteiger charge is 2.12. The van der Waals surface area contributed by atoms with Gasteiger partial charge in [0.05, 0.1) is 6.08 Å². The Morgan fingerprint density at radius 1 is 1.71 bits per heavy atom. The van der Waals surface area contributed by atoms with Crippen LogP contribution in [0.1, 0.15) is 19.3 Å². The Balaban J connectivity index is 2.51. The van der Waals surface area contributed by atoms with E-state index in [1.807, 2.05) is 12.4 Å². The first-order chi connectivity index (χ1) is 3.43. The average molecular weight is 95.1 g/mol. The summed E-state index contributed by atoms with van der Waals surface area (Å²) in [4.78, 5) is 9.81. The molecule has 0 atom stereocenters. The largest absolute Gasteiger partial charge is 0.359 e. The predicted octanol–water partition coefficient (Wildman–Crippen LogP) is 1.21. The van der Waals surface area contributed by atoms with Crippen LogP contribution in [0, 0.1) is 0 Å². The maximum atomic E-state index is 9.81. The second-order valence-electron chi connectivity index (χ2n) is 1.72. The molecular formula is C6H7O+. The molecule has 36 valence electrons. The van der Waals surface area contributed by atoms with Gasteiger partial charge in [0.2, 0.25) is 5.57 Å². The molecule has 0 saturated carbocycles. The lowest BCUT2D eigenvalue weighted by molar-refractivity contribution is 0.560. The second-order valence-corrected chi connectivity index (χ2v) is 1.72. The lowest BCUT2D eigenvalue weighted by atomic mass is 10.3. The molecule has 0 unspecified atom stereocenters. The first-order valence-electron chi connectivity index (χ1n) is 2.50. The Morgan fingerprint density at radius 3 is 2.86 bits per heavy atom. The quantitative estimate of drug-likeness (QED) is 0.447. The number of rotatable bonds is 1. The highest BCUT2D eigenvalue weighted by atomic mass is 16.1. The molecule has 1 aliphatic carbocycles. The van der Waals surface area contributed by atoms with E-state index in [-0.39, 0.29) is 0 Å². The van der Waals surface area contributed by atoms with Crippen LogP contribution in [0.15, 0.2) is 11.6 Å². The van der Waals surface area contributed by atoms with Crippen molar-refractivity contribution in [2.24, 2.45) is 0 Å². The Bertz CT molecular complexity index is 103. The van der Waals surface area contributed by atoms with E-state index in [0.717, 1.165) is 24.8 Å². The third-order valence-electron chi connectivity index (χ3n) is 1.17. The van der Waals surface area contributed by atoms with E-state index < -0.39 is 0 Å². The zero-order chi connectivity index (χ0) is 5.11. The second kappa shape index (κ2) is 1.85. The summed E-state index contributed by atoms with van der Waals surface area (Å²) in [6, 6.07) is 0. The fourth-order valence-electron chi connectivity index (χ4n) is 0.764. The molecule has 0 heterocycles. The molecule has 0 saturated heterocycles. The van der Waals surface area contributed by atoms with Gasteiger partial charge in [0.15, 0.2) is 0 Å². The molecule has 0 spiro atoms. The van der Waals surface area contributed by atoms with Gasteiger partial charge < -0.3 is 0 Å². The van der Waals surface area contributed by atoms with Crippen molar-refractivity contribution in [3.8, 4) is 0 Å². The van der Waals surface area contributed by atoms with Gasteiger partial charge in [-0.15, -0.1) is 0 Å². The molecule has 1 rings (SSSR count). The van der Waals surface area contributed by atoms with Crippen molar-refractivity contribution in [3.63, 3.8) is 0 Å². The summed E-state index contributed by atoms with van der Waals surface area (Å²) < 4.78 is 0. The molecule has 0 amide bonds. The third kappa shape index (κ3) is 0.847. The molecule has 0 aromatic carbocycles. The Labute approximate surface area is 43.0 Å². The van der Waals surface area contributed by atoms with Crippen LogP contribution in [0.3, 0.4) is 0 Å². The monoisotopic (exact) mass is 95.0 g/mol. The molecule has 0 radical (unpaired) electrons. The van der Waals surface area contributed by atoms with E-state index in [2.05, 4.69) is 0 Å². The van der Waals surface area contributed by atoms with Crippen LogP contribution in [0.5, 0.6) is 0 Å². The normalized spacial score (nSPS) is 18.6. The minimum Gasteiger partial charge on any atom is -0.0966 e.